The van der Waals surface area contributed by atoms with Crippen LogP contribution in [0.4, 0.5) is 5.82 Å². The summed E-state index contributed by atoms with van der Waals surface area (Å²) >= 11 is 0. The van der Waals surface area contributed by atoms with Gasteiger partial charge < -0.3 is 16.0 Å². The molecule has 34 heavy (non-hydrogen) atoms. The maximum absolute atomic E-state index is 13.3. The number of rotatable bonds is 7. The first-order chi connectivity index (χ1) is 16.5. The van der Waals surface area contributed by atoms with E-state index in [0.29, 0.717) is 5.69 Å². The summed E-state index contributed by atoms with van der Waals surface area (Å²) in [5, 5.41) is 8.50. The number of carbonyl (C=O) groups excluding carboxylic acids is 2. The third-order valence-corrected chi connectivity index (χ3v) is 6.20. The van der Waals surface area contributed by atoms with Crippen molar-refractivity contribution in [1.82, 2.24) is 20.2 Å². The summed E-state index contributed by atoms with van der Waals surface area (Å²) < 4.78 is 1.37. The minimum atomic E-state index is -0.530. The molecule has 0 spiro atoms. The van der Waals surface area contributed by atoms with Crippen LogP contribution in [0.5, 0.6) is 0 Å². The number of aromatic nitrogens is 2. The van der Waals surface area contributed by atoms with Gasteiger partial charge in [0.15, 0.2) is 5.82 Å². The zero-order chi connectivity index (χ0) is 24.1. The second-order valence-electron chi connectivity index (χ2n) is 8.46. The second-order valence-corrected chi connectivity index (χ2v) is 8.46. The number of amides is 2. The van der Waals surface area contributed by atoms with Crippen molar-refractivity contribution in [2.24, 2.45) is 0 Å². The minimum absolute atomic E-state index is 0.0918. The standard InChI is InChI=1S/C26H29N5O3/c1-17(27-2)25(33)30-24-26(34)31(22(15-28-24)19-10-4-3-5-11-19)16-23(32)29-21-14-8-12-18-9-6-7-13-20(18)21/h3-7,9-11,13,15,17,21,27H,8,12,14,16H2,1-2H3,(H,29,32)(H,28,30,33)/t17-,21?/m0/s1. The van der Waals surface area contributed by atoms with E-state index in [1.165, 1.54) is 16.3 Å². The molecule has 0 saturated heterocycles. The van der Waals surface area contributed by atoms with Gasteiger partial charge in [-0.25, -0.2) is 4.98 Å². The Kier molecular flexibility index (Phi) is 7.18. The number of nitrogens with zero attached hydrogens (tertiary/aromatic N) is 2. The fourth-order valence-corrected chi connectivity index (χ4v) is 4.21. The summed E-state index contributed by atoms with van der Waals surface area (Å²) in [5.41, 5.74) is 3.10. The Bertz CT molecular complexity index is 1240. The summed E-state index contributed by atoms with van der Waals surface area (Å²) in [6, 6.07) is 16.8. The molecule has 0 aliphatic heterocycles. The van der Waals surface area contributed by atoms with E-state index in [1.54, 1.807) is 14.0 Å². The molecule has 0 radical (unpaired) electrons. The van der Waals surface area contributed by atoms with Crippen molar-refractivity contribution in [3.05, 3.63) is 82.3 Å². The smallest absolute Gasteiger partial charge is 0.294 e. The highest BCUT2D eigenvalue weighted by Gasteiger charge is 2.23. The fraction of sp³-hybridized carbons (Fsp3) is 0.308. The Morgan fingerprint density at radius 3 is 2.62 bits per heavy atom. The topological polar surface area (TPSA) is 105 Å². The van der Waals surface area contributed by atoms with Gasteiger partial charge in [0.1, 0.15) is 6.54 Å². The van der Waals surface area contributed by atoms with E-state index >= 15 is 0 Å². The molecule has 0 fully saturated rings. The zero-order valence-electron chi connectivity index (χ0n) is 19.4. The monoisotopic (exact) mass is 459 g/mol. The van der Waals surface area contributed by atoms with Gasteiger partial charge in [-0.15, -0.1) is 0 Å². The van der Waals surface area contributed by atoms with E-state index < -0.39 is 11.6 Å². The number of fused-ring (bicyclic) bond motifs is 1. The number of hydrogen-bond donors (Lipinski definition) is 3. The van der Waals surface area contributed by atoms with Gasteiger partial charge in [-0.2, -0.15) is 0 Å². The Morgan fingerprint density at radius 1 is 1.12 bits per heavy atom. The van der Waals surface area contributed by atoms with E-state index in [2.05, 4.69) is 27.0 Å². The molecule has 1 heterocycles. The molecule has 0 bridgehead atoms. The van der Waals surface area contributed by atoms with Crippen molar-refractivity contribution in [3.63, 3.8) is 0 Å². The predicted molar refractivity (Wildman–Crippen MR) is 131 cm³/mol. The maximum Gasteiger partial charge on any atom is 0.294 e. The average molecular weight is 460 g/mol. The third-order valence-electron chi connectivity index (χ3n) is 6.20. The molecular weight excluding hydrogens is 430 g/mol. The normalized spacial score (nSPS) is 15.8. The van der Waals surface area contributed by atoms with Crippen LogP contribution in [0.1, 0.15) is 36.9 Å². The molecule has 8 heteroatoms. The van der Waals surface area contributed by atoms with Gasteiger partial charge in [-0.3, -0.25) is 19.0 Å². The number of aryl methyl sites for hydroxylation is 1. The first-order valence-electron chi connectivity index (χ1n) is 11.5. The quantitative estimate of drug-likeness (QED) is 0.504. The number of anilines is 1. The lowest BCUT2D eigenvalue weighted by molar-refractivity contribution is -0.122. The van der Waals surface area contributed by atoms with Gasteiger partial charge in [0, 0.05) is 0 Å². The van der Waals surface area contributed by atoms with Crippen molar-refractivity contribution in [2.45, 2.75) is 44.8 Å². The summed E-state index contributed by atoms with van der Waals surface area (Å²) in [5.74, 6) is -0.759. The first-order valence-corrected chi connectivity index (χ1v) is 11.5. The number of likely N-dealkylation sites (N-methyl/N-ethyl adjacent to an activating group) is 1. The molecule has 3 N–H and O–H groups in total. The Balaban J connectivity index is 1.63. The van der Waals surface area contributed by atoms with Crippen molar-refractivity contribution >= 4 is 17.6 Å². The average Bonchev–Trinajstić information content (AvgIpc) is 2.86. The Hall–Kier alpha value is -3.78. The molecular formula is C26H29N5O3. The van der Waals surface area contributed by atoms with Crippen LogP contribution in [0.15, 0.2) is 65.6 Å². The molecule has 4 rings (SSSR count). The minimum Gasteiger partial charge on any atom is -0.348 e. The van der Waals surface area contributed by atoms with Gasteiger partial charge in [0.05, 0.1) is 24.0 Å². The van der Waals surface area contributed by atoms with Crippen LogP contribution in [0.3, 0.4) is 0 Å². The highest BCUT2D eigenvalue weighted by atomic mass is 16.2. The first kappa shape index (κ1) is 23.4. The van der Waals surface area contributed by atoms with Gasteiger partial charge in [-0.05, 0) is 49.9 Å². The van der Waals surface area contributed by atoms with E-state index in [4.69, 9.17) is 0 Å². The van der Waals surface area contributed by atoms with E-state index in [-0.39, 0.29) is 30.2 Å². The molecule has 1 aromatic heterocycles. The van der Waals surface area contributed by atoms with E-state index in [1.807, 2.05) is 48.5 Å². The third kappa shape index (κ3) is 5.07. The molecule has 8 nitrogen and oxygen atoms in total. The Morgan fingerprint density at radius 2 is 1.85 bits per heavy atom. The fourth-order valence-electron chi connectivity index (χ4n) is 4.21. The molecule has 176 valence electrons. The van der Waals surface area contributed by atoms with Gasteiger partial charge in [0.25, 0.3) is 5.56 Å². The Labute approximate surface area is 198 Å². The highest BCUT2D eigenvalue weighted by Crippen LogP contribution is 2.29. The van der Waals surface area contributed by atoms with Crippen molar-refractivity contribution in [1.29, 1.82) is 0 Å². The van der Waals surface area contributed by atoms with Crippen molar-refractivity contribution in [2.75, 3.05) is 12.4 Å². The summed E-state index contributed by atoms with van der Waals surface area (Å²) in [6.45, 7) is 1.50. The van der Waals surface area contributed by atoms with E-state index in [9.17, 15) is 14.4 Å². The zero-order valence-corrected chi connectivity index (χ0v) is 19.4. The predicted octanol–water partition coefficient (Wildman–Crippen LogP) is 2.65. The summed E-state index contributed by atoms with van der Waals surface area (Å²) in [4.78, 5) is 43.0. The lowest BCUT2D eigenvalue weighted by Gasteiger charge is -2.26. The molecule has 3 aromatic rings. The number of carbonyl (C=O) groups is 2. The molecule has 2 aromatic carbocycles. The summed E-state index contributed by atoms with van der Waals surface area (Å²) in [7, 11) is 1.65. The highest BCUT2D eigenvalue weighted by molar-refractivity contribution is 5.93. The van der Waals surface area contributed by atoms with Crippen molar-refractivity contribution < 1.29 is 9.59 Å². The number of nitrogens with one attached hydrogen (secondary N) is 3. The summed E-state index contributed by atoms with van der Waals surface area (Å²) in [6.07, 6.45) is 4.35. The molecule has 2 atom stereocenters. The van der Waals surface area contributed by atoms with Crippen LogP contribution in [0, 0.1) is 0 Å². The maximum atomic E-state index is 13.3. The van der Waals surface area contributed by atoms with E-state index in [0.717, 1.165) is 30.4 Å². The molecule has 0 saturated carbocycles. The van der Waals surface area contributed by atoms with Gasteiger partial charge >= 0.3 is 0 Å². The second kappa shape index (κ2) is 10.4. The van der Waals surface area contributed by atoms with Gasteiger partial charge in [-0.1, -0.05) is 54.6 Å². The van der Waals surface area contributed by atoms with Crippen LogP contribution in [-0.4, -0.2) is 34.5 Å². The number of benzene rings is 2. The van der Waals surface area contributed by atoms with Crippen LogP contribution in [0.2, 0.25) is 0 Å². The number of hydrogen-bond acceptors (Lipinski definition) is 5. The molecule has 1 aliphatic carbocycles. The lowest BCUT2D eigenvalue weighted by atomic mass is 9.88. The van der Waals surface area contributed by atoms with Crippen molar-refractivity contribution in [3.8, 4) is 11.3 Å². The largest absolute Gasteiger partial charge is 0.348 e. The molecule has 2 amide bonds. The molecule has 1 aliphatic rings. The van der Waals surface area contributed by atoms with Crippen LogP contribution < -0.4 is 21.5 Å². The van der Waals surface area contributed by atoms with Gasteiger partial charge in [0.2, 0.25) is 11.8 Å². The SMILES string of the molecule is CN[C@@H](C)C(=O)Nc1ncc(-c2ccccc2)n(CC(=O)NC2CCCc3ccccc32)c1=O. The van der Waals surface area contributed by atoms with Crippen LogP contribution in [0.25, 0.3) is 11.3 Å². The van der Waals surface area contributed by atoms with Crippen LogP contribution in [-0.2, 0) is 22.6 Å². The molecule has 1 unspecified atom stereocenters. The van der Waals surface area contributed by atoms with Crippen LogP contribution >= 0.6 is 0 Å². The lowest BCUT2D eigenvalue weighted by Crippen LogP contribution is -2.40.